The van der Waals surface area contributed by atoms with Crippen LogP contribution < -0.4 is 9.62 Å². The smallest absolute Gasteiger partial charge is 0.211 e. The molecule has 142 valence electrons. The maximum Gasteiger partial charge on any atom is 0.211 e. The Morgan fingerprint density at radius 2 is 2.00 bits per heavy atom. The average Bonchev–Trinajstić information content (AvgIpc) is 3.00. The van der Waals surface area contributed by atoms with Gasteiger partial charge in [0, 0.05) is 24.0 Å². The minimum atomic E-state index is -3.14. The van der Waals surface area contributed by atoms with E-state index in [2.05, 4.69) is 19.6 Å². The summed E-state index contributed by atoms with van der Waals surface area (Å²) < 4.78 is 26.9. The lowest BCUT2D eigenvalue weighted by molar-refractivity contribution is 0.458. The number of piperidine rings is 1. The van der Waals surface area contributed by atoms with Gasteiger partial charge in [0.1, 0.15) is 17.0 Å². The van der Waals surface area contributed by atoms with Gasteiger partial charge in [0.05, 0.1) is 11.1 Å². The first kappa shape index (κ1) is 18.1. The summed E-state index contributed by atoms with van der Waals surface area (Å²) in [6, 6.07) is 0.0384. The molecule has 3 heterocycles. The van der Waals surface area contributed by atoms with Crippen molar-refractivity contribution >= 4 is 37.4 Å². The van der Waals surface area contributed by atoms with Crippen molar-refractivity contribution in [3.63, 3.8) is 0 Å². The van der Waals surface area contributed by atoms with Gasteiger partial charge in [-0.25, -0.2) is 23.1 Å². The van der Waals surface area contributed by atoms with Gasteiger partial charge in [-0.2, -0.15) is 0 Å². The molecule has 4 rings (SSSR count). The molecular formula is C18H26N4O2S2. The van der Waals surface area contributed by atoms with E-state index >= 15 is 0 Å². The number of rotatable bonds is 5. The summed E-state index contributed by atoms with van der Waals surface area (Å²) in [6.45, 7) is 3.55. The predicted molar refractivity (Wildman–Crippen MR) is 107 cm³/mol. The molecule has 26 heavy (non-hydrogen) atoms. The monoisotopic (exact) mass is 394 g/mol. The number of nitrogens with one attached hydrogen (secondary N) is 1. The van der Waals surface area contributed by atoms with Gasteiger partial charge < -0.3 is 4.90 Å². The van der Waals surface area contributed by atoms with Crippen LogP contribution >= 0.6 is 11.3 Å². The van der Waals surface area contributed by atoms with Crippen molar-refractivity contribution in [2.75, 3.05) is 23.7 Å². The normalized spacial score (nSPS) is 19.0. The van der Waals surface area contributed by atoms with E-state index in [1.165, 1.54) is 28.7 Å². The molecule has 0 unspecified atom stereocenters. The van der Waals surface area contributed by atoms with Crippen LogP contribution in [0.25, 0.3) is 10.2 Å². The molecule has 6 nitrogen and oxygen atoms in total. The van der Waals surface area contributed by atoms with Crippen LogP contribution in [-0.2, 0) is 22.9 Å². The molecule has 2 aromatic rings. The number of hydrogen-bond donors (Lipinski definition) is 1. The molecule has 1 aliphatic carbocycles. The Bertz CT molecular complexity index is 886. The van der Waals surface area contributed by atoms with E-state index in [1.807, 2.05) is 18.3 Å². The Morgan fingerprint density at radius 3 is 2.77 bits per heavy atom. The second kappa shape index (κ2) is 7.40. The Hall–Kier alpha value is -1.25. The molecule has 2 aliphatic rings. The fourth-order valence-corrected chi connectivity index (χ4v) is 6.73. The first-order valence-electron chi connectivity index (χ1n) is 9.57. The first-order chi connectivity index (χ1) is 12.6. The van der Waals surface area contributed by atoms with Gasteiger partial charge in [-0.3, -0.25) is 0 Å². The van der Waals surface area contributed by atoms with Crippen molar-refractivity contribution in [1.82, 2.24) is 14.7 Å². The van der Waals surface area contributed by atoms with Gasteiger partial charge in [0.2, 0.25) is 10.0 Å². The standard InChI is InChI=1S/C18H26N4O2S2/c1-2-11-26(23,24)21-13-7-9-22(10-8-13)17-16-14-5-3-4-6-15(14)25-18(16)20-12-19-17/h12-13,21H,2-11H2,1H3. The lowest BCUT2D eigenvalue weighted by atomic mass is 9.96. The highest BCUT2D eigenvalue weighted by Gasteiger charge is 2.27. The highest BCUT2D eigenvalue weighted by molar-refractivity contribution is 7.89. The molecule has 0 radical (unpaired) electrons. The Balaban J connectivity index is 1.52. The van der Waals surface area contributed by atoms with Crippen molar-refractivity contribution in [2.45, 2.75) is 57.9 Å². The average molecular weight is 395 g/mol. The van der Waals surface area contributed by atoms with Crippen LogP contribution in [-0.4, -0.2) is 43.3 Å². The molecule has 1 saturated heterocycles. The molecule has 0 bridgehead atoms. The molecule has 1 fully saturated rings. The lowest BCUT2D eigenvalue weighted by Gasteiger charge is -2.33. The molecule has 1 N–H and O–H groups in total. The maximum atomic E-state index is 12.0. The van der Waals surface area contributed by atoms with Crippen molar-refractivity contribution in [2.24, 2.45) is 0 Å². The number of aryl methyl sites for hydroxylation is 2. The number of sulfonamides is 1. The molecule has 0 amide bonds. The van der Waals surface area contributed by atoms with Gasteiger partial charge in [-0.1, -0.05) is 6.92 Å². The Morgan fingerprint density at radius 1 is 1.23 bits per heavy atom. The van der Waals surface area contributed by atoms with Crippen molar-refractivity contribution in [3.05, 3.63) is 16.8 Å². The van der Waals surface area contributed by atoms with E-state index in [0.29, 0.717) is 6.42 Å². The Labute approximate surface area is 159 Å². The van der Waals surface area contributed by atoms with Gasteiger partial charge in [0.15, 0.2) is 0 Å². The van der Waals surface area contributed by atoms with Crippen LogP contribution in [0.15, 0.2) is 6.33 Å². The number of thiophene rings is 1. The molecule has 0 aromatic carbocycles. The highest BCUT2D eigenvalue weighted by atomic mass is 32.2. The van der Waals surface area contributed by atoms with E-state index in [4.69, 9.17) is 0 Å². The molecule has 2 aromatic heterocycles. The molecular weight excluding hydrogens is 368 g/mol. The van der Waals surface area contributed by atoms with Crippen LogP contribution in [0.4, 0.5) is 5.82 Å². The summed E-state index contributed by atoms with van der Waals surface area (Å²) >= 11 is 1.82. The maximum absolute atomic E-state index is 12.0. The number of nitrogens with zero attached hydrogens (tertiary/aromatic N) is 3. The fourth-order valence-electron chi connectivity index (χ4n) is 4.10. The SMILES string of the molecule is CCCS(=O)(=O)NC1CCN(c2ncnc3sc4c(c23)CCCC4)CC1. The second-order valence-corrected chi connectivity index (χ2v) is 10.2. The van der Waals surface area contributed by atoms with E-state index in [0.717, 1.165) is 49.4 Å². The van der Waals surface area contributed by atoms with Crippen molar-refractivity contribution in [3.8, 4) is 0 Å². The lowest BCUT2D eigenvalue weighted by Crippen LogP contribution is -2.45. The van der Waals surface area contributed by atoms with Crippen LogP contribution in [0.3, 0.4) is 0 Å². The minimum absolute atomic E-state index is 0.0384. The minimum Gasteiger partial charge on any atom is -0.356 e. The van der Waals surface area contributed by atoms with Gasteiger partial charge >= 0.3 is 0 Å². The van der Waals surface area contributed by atoms with Crippen molar-refractivity contribution < 1.29 is 8.42 Å². The topological polar surface area (TPSA) is 75.2 Å². The van der Waals surface area contributed by atoms with E-state index < -0.39 is 10.0 Å². The Kier molecular flexibility index (Phi) is 5.16. The summed E-state index contributed by atoms with van der Waals surface area (Å²) in [4.78, 5) is 14.0. The summed E-state index contributed by atoms with van der Waals surface area (Å²) in [5.74, 6) is 1.25. The molecule has 0 spiro atoms. The molecule has 8 heteroatoms. The number of aromatic nitrogens is 2. The van der Waals surface area contributed by atoms with Crippen LogP contribution in [0, 0.1) is 0 Å². The highest BCUT2D eigenvalue weighted by Crippen LogP contribution is 2.39. The molecule has 0 saturated carbocycles. The van der Waals surface area contributed by atoms with E-state index in [1.54, 1.807) is 6.33 Å². The number of hydrogen-bond acceptors (Lipinski definition) is 6. The molecule has 0 atom stereocenters. The quantitative estimate of drug-likeness (QED) is 0.844. The predicted octanol–water partition coefficient (Wildman–Crippen LogP) is 2.87. The van der Waals surface area contributed by atoms with Crippen LogP contribution in [0.5, 0.6) is 0 Å². The largest absolute Gasteiger partial charge is 0.356 e. The van der Waals surface area contributed by atoms with E-state index in [9.17, 15) is 8.42 Å². The van der Waals surface area contributed by atoms with Crippen molar-refractivity contribution in [1.29, 1.82) is 0 Å². The van der Waals surface area contributed by atoms with Gasteiger partial charge in [-0.05, 0) is 50.5 Å². The number of fused-ring (bicyclic) bond motifs is 3. The first-order valence-corrected chi connectivity index (χ1v) is 12.0. The summed E-state index contributed by atoms with van der Waals surface area (Å²) in [7, 11) is -3.14. The van der Waals surface area contributed by atoms with Gasteiger partial charge in [-0.15, -0.1) is 11.3 Å². The fraction of sp³-hybridized carbons (Fsp3) is 0.667. The third-order valence-electron chi connectivity index (χ3n) is 5.34. The summed E-state index contributed by atoms with van der Waals surface area (Å²) in [6.07, 6.45) is 8.77. The zero-order valence-corrected chi connectivity index (χ0v) is 16.8. The molecule has 1 aliphatic heterocycles. The summed E-state index contributed by atoms with van der Waals surface area (Å²) in [5.41, 5.74) is 1.46. The van der Waals surface area contributed by atoms with E-state index in [-0.39, 0.29) is 11.8 Å². The zero-order valence-electron chi connectivity index (χ0n) is 15.2. The third kappa shape index (κ3) is 3.59. The number of anilines is 1. The van der Waals surface area contributed by atoms with Crippen LogP contribution in [0.1, 0.15) is 49.5 Å². The third-order valence-corrected chi connectivity index (χ3v) is 8.18. The zero-order chi connectivity index (χ0) is 18.1. The van der Waals surface area contributed by atoms with Crippen LogP contribution in [0.2, 0.25) is 0 Å². The second-order valence-electron chi connectivity index (χ2n) is 7.29. The summed E-state index contributed by atoms with van der Waals surface area (Å²) in [5, 5.41) is 1.25. The van der Waals surface area contributed by atoms with Gasteiger partial charge in [0.25, 0.3) is 0 Å².